The Hall–Kier alpha value is 0.220. The van der Waals surface area contributed by atoms with Gasteiger partial charge in [-0.05, 0) is 32.6 Å². The predicted octanol–water partition coefficient (Wildman–Crippen LogP) is 2.49. The smallest absolute Gasteiger partial charge is 0.175 e. The molecule has 1 aromatic heterocycles. The second kappa shape index (κ2) is 5.52. The maximum atomic E-state index is 4.19. The molecule has 1 aromatic rings. The van der Waals surface area contributed by atoms with E-state index >= 15 is 0 Å². The molecule has 0 radical (unpaired) electrons. The molecule has 0 bridgehead atoms. The summed E-state index contributed by atoms with van der Waals surface area (Å²) in [6.45, 7) is 0. The van der Waals surface area contributed by atoms with E-state index in [9.17, 15) is 0 Å². The maximum absolute atomic E-state index is 4.19. The number of hydrogen-bond acceptors (Lipinski definition) is 6. The van der Waals surface area contributed by atoms with Gasteiger partial charge in [-0.25, -0.2) is 0 Å². The third-order valence-corrected chi connectivity index (χ3v) is 5.90. The Labute approximate surface area is 103 Å². The summed E-state index contributed by atoms with van der Waals surface area (Å²) in [7, 11) is 2.05. The molecule has 0 aromatic carbocycles. The highest BCUT2D eigenvalue weighted by atomic mass is 32.2. The lowest BCUT2D eigenvalue weighted by molar-refractivity contribution is 0.583. The minimum absolute atomic E-state index is 0.704. The second-order valence-electron chi connectivity index (χ2n) is 3.58. The summed E-state index contributed by atoms with van der Waals surface area (Å²) in [6, 6.07) is 0.704. The molecule has 0 saturated heterocycles. The Balaban J connectivity index is 1.87. The van der Waals surface area contributed by atoms with Gasteiger partial charge in [-0.3, -0.25) is 0 Å². The zero-order valence-electron chi connectivity index (χ0n) is 8.90. The zero-order valence-corrected chi connectivity index (χ0v) is 11.3. The first-order valence-electron chi connectivity index (χ1n) is 5.03. The molecule has 15 heavy (non-hydrogen) atoms. The number of nitrogens with zero attached hydrogens (tertiary/aromatic N) is 2. The van der Waals surface area contributed by atoms with Crippen molar-refractivity contribution in [1.82, 2.24) is 15.5 Å². The molecule has 1 saturated carbocycles. The van der Waals surface area contributed by atoms with Crippen LogP contribution in [0.4, 0.5) is 0 Å². The molecule has 1 heterocycles. The van der Waals surface area contributed by atoms with Crippen LogP contribution in [0.2, 0.25) is 0 Å². The number of rotatable bonds is 4. The molecule has 0 spiro atoms. The Kier molecular flexibility index (Phi) is 4.30. The van der Waals surface area contributed by atoms with E-state index in [2.05, 4.69) is 22.6 Å². The van der Waals surface area contributed by atoms with Gasteiger partial charge in [0, 0.05) is 11.3 Å². The summed E-state index contributed by atoms with van der Waals surface area (Å²) >= 11 is 5.28. The van der Waals surface area contributed by atoms with Crippen molar-refractivity contribution >= 4 is 34.9 Å². The standard InChI is InChI=1S/C9H15N3S3/c1-10-6-3-4-7(5-6)14-9-12-11-8(13-2)15-9/h6-7,10H,3-5H2,1-2H3. The summed E-state index contributed by atoms with van der Waals surface area (Å²) in [6.07, 6.45) is 5.89. The molecule has 0 aliphatic heterocycles. The van der Waals surface area contributed by atoms with Gasteiger partial charge in [0.05, 0.1) is 0 Å². The van der Waals surface area contributed by atoms with Crippen LogP contribution in [0.1, 0.15) is 19.3 Å². The molecule has 6 heteroatoms. The molecule has 2 unspecified atom stereocenters. The first kappa shape index (κ1) is 11.7. The van der Waals surface area contributed by atoms with Gasteiger partial charge in [-0.1, -0.05) is 34.9 Å². The van der Waals surface area contributed by atoms with Crippen molar-refractivity contribution in [2.45, 2.75) is 39.2 Å². The average molecular weight is 261 g/mol. The number of hydrogen-bond donors (Lipinski definition) is 1. The van der Waals surface area contributed by atoms with Gasteiger partial charge < -0.3 is 5.32 Å². The van der Waals surface area contributed by atoms with Crippen molar-refractivity contribution in [3.05, 3.63) is 0 Å². The lowest BCUT2D eigenvalue weighted by Gasteiger charge is -2.07. The summed E-state index contributed by atoms with van der Waals surface area (Å²) in [5, 5.41) is 12.4. The van der Waals surface area contributed by atoms with E-state index in [0.717, 1.165) is 13.9 Å². The lowest BCUT2D eigenvalue weighted by atomic mass is 10.3. The predicted molar refractivity (Wildman–Crippen MR) is 68.0 cm³/mol. The molecular formula is C9H15N3S3. The molecule has 1 N–H and O–H groups in total. The number of thioether (sulfide) groups is 2. The van der Waals surface area contributed by atoms with Crippen LogP contribution in [-0.4, -0.2) is 34.8 Å². The summed E-state index contributed by atoms with van der Waals surface area (Å²) in [5.41, 5.74) is 0. The molecule has 3 nitrogen and oxygen atoms in total. The first-order valence-corrected chi connectivity index (χ1v) is 7.95. The van der Waals surface area contributed by atoms with E-state index in [1.165, 1.54) is 19.3 Å². The average Bonchev–Trinajstić information content (AvgIpc) is 2.87. The van der Waals surface area contributed by atoms with Gasteiger partial charge in [0.25, 0.3) is 0 Å². The lowest BCUT2D eigenvalue weighted by Crippen LogP contribution is -2.21. The van der Waals surface area contributed by atoms with Crippen LogP contribution in [0.3, 0.4) is 0 Å². The maximum Gasteiger partial charge on any atom is 0.175 e. The molecule has 1 aliphatic carbocycles. The Morgan fingerprint density at radius 1 is 1.33 bits per heavy atom. The fraction of sp³-hybridized carbons (Fsp3) is 0.778. The van der Waals surface area contributed by atoms with E-state index in [-0.39, 0.29) is 0 Å². The van der Waals surface area contributed by atoms with E-state index in [1.54, 1.807) is 23.1 Å². The molecule has 0 amide bonds. The van der Waals surface area contributed by atoms with Gasteiger partial charge in [0.2, 0.25) is 0 Å². The molecule has 1 aliphatic rings. The van der Waals surface area contributed by atoms with Crippen LogP contribution in [0, 0.1) is 0 Å². The van der Waals surface area contributed by atoms with Crippen LogP contribution in [0.5, 0.6) is 0 Å². The van der Waals surface area contributed by atoms with Gasteiger partial charge in [-0.2, -0.15) is 0 Å². The highest BCUT2D eigenvalue weighted by Crippen LogP contribution is 2.37. The first-order chi connectivity index (χ1) is 7.31. The Morgan fingerprint density at radius 3 is 2.73 bits per heavy atom. The quantitative estimate of drug-likeness (QED) is 0.843. The minimum Gasteiger partial charge on any atom is -0.317 e. The van der Waals surface area contributed by atoms with E-state index in [0.29, 0.717) is 6.04 Å². The fourth-order valence-electron chi connectivity index (χ4n) is 1.78. The van der Waals surface area contributed by atoms with E-state index in [4.69, 9.17) is 0 Å². The van der Waals surface area contributed by atoms with Gasteiger partial charge in [-0.15, -0.1) is 10.2 Å². The highest BCUT2D eigenvalue weighted by Gasteiger charge is 2.25. The van der Waals surface area contributed by atoms with Crippen LogP contribution in [0.25, 0.3) is 0 Å². The fourth-order valence-corrected chi connectivity index (χ4v) is 4.74. The van der Waals surface area contributed by atoms with Gasteiger partial charge in [0.15, 0.2) is 8.68 Å². The van der Waals surface area contributed by atoms with E-state index < -0.39 is 0 Å². The van der Waals surface area contributed by atoms with Crippen LogP contribution in [0.15, 0.2) is 8.68 Å². The van der Waals surface area contributed by atoms with Gasteiger partial charge >= 0.3 is 0 Å². The Bertz CT molecular complexity index is 315. The summed E-state index contributed by atoms with van der Waals surface area (Å²) in [4.78, 5) is 0. The normalized spacial score (nSPS) is 26.0. The monoisotopic (exact) mass is 261 g/mol. The van der Waals surface area contributed by atoms with Crippen molar-refractivity contribution in [1.29, 1.82) is 0 Å². The molecule has 84 valence electrons. The van der Waals surface area contributed by atoms with E-state index in [1.807, 2.05) is 18.0 Å². The van der Waals surface area contributed by atoms with Crippen molar-refractivity contribution in [3.8, 4) is 0 Å². The zero-order chi connectivity index (χ0) is 10.7. The molecule has 1 fully saturated rings. The van der Waals surface area contributed by atoms with Crippen LogP contribution >= 0.6 is 34.9 Å². The Morgan fingerprint density at radius 2 is 2.13 bits per heavy atom. The van der Waals surface area contributed by atoms with Crippen molar-refractivity contribution < 1.29 is 0 Å². The summed E-state index contributed by atoms with van der Waals surface area (Å²) in [5.74, 6) is 0. The van der Waals surface area contributed by atoms with Crippen LogP contribution < -0.4 is 5.32 Å². The van der Waals surface area contributed by atoms with Crippen molar-refractivity contribution in [2.24, 2.45) is 0 Å². The van der Waals surface area contributed by atoms with Crippen molar-refractivity contribution in [2.75, 3.05) is 13.3 Å². The topological polar surface area (TPSA) is 37.8 Å². The third-order valence-electron chi connectivity index (χ3n) is 2.62. The molecule has 2 rings (SSSR count). The van der Waals surface area contributed by atoms with Crippen molar-refractivity contribution in [3.63, 3.8) is 0 Å². The largest absolute Gasteiger partial charge is 0.317 e. The SMILES string of the molecule is CNC1CCC(Sc2nnc(SC)s2)C1. The number of nitrogens with one attached hydrogen (secondary N) is 1. The second-order valence-corrected chi connectivity index (χ2v) is 7.15. The van der Waals surface area contributed by atoms with Gasteiger partial charge in [0.1, 0.15) is 0 Å². The third kappa shape index (κ3) is 3.09. The molecule has 2 atom stereocenters. The number of aromatic nitrogens is 2. The molecular weight excluding hydrogens is 246 g/mol. The minimum atomic E-state index is 0.704. The summed E-state index contributed by atoms with van der Waals surface area (Å²) < 4.78 is 2.20. The van der Waals surface area contributed by atoms with Crippen LogP contribution in [-0.2, 0) is 0 Å². The highest BCUT2D eigenvalue weighted by molar-refractivity contribution is 8.03.